The van der Waals surface area contributed by atoms with Gasteiger partial charge in [0, 0.05) is 5.75 Å². The third-order valence-electron chi connectivity index (χ3n) is 5.82. The number of carbonyl (C=O) groups is 1. The van der Waals surface area contributed by atoms with Crippen LogP contribution in [0.2, 0.25) is 0 Å². The van der Waals surface area contributed by atoms with E-state index < -0.39 is 5.90 Å². The van der Waals surface area contributed by atoms with Gasteiger partial charge in [0.15, 0.2) is 16.7 Å². The highest BCUT2D eigenvalue weighted by Gasteiger charge is 2.32. The Morgan fingerprint density at radius 3 is 2.79 bits per heavy atom. The van der Waals surface area contributed by atoms with Crippen LogP contribution >= 0.6 is 11.8 Å². The van der Waals surface area contributed by atoms with E-state index in [1.54, 1.807) is 24.4 Å². The van der Waals surface area contributed by atoms with Crippen LogP contribution in [0.25, 0.3) is 6.08 Å². The first-order valence-corrected chi connectivity index (χ1v) is 12.8. The van der Waals surface area contributed by atoms with E-state index in [2.05, 4.69) is 15.3 Å². The molecule has 13 heteroatoms. The molecule has 4 heterocycles. The third kappa shape index (κ3) is 5.06. The fourth-order valence-corrected chi connectivity index (χ4v) is 4.81. The smallest absolute Gasteiger partial charge is 0.324 e. The Bertz CT molecular complexity index is 1430. The van der Waals surface area contributed by atoms with E-state index in [9.17, 15) is 9.90 Å². The monoisotopic (exact) mass is 534 g/mol. The van der Waals surface area contributed by atoms with Crippen LogP contribution < -0.4 is 29.3 Å². The summed E-state index contributed by atoms with van der Waals surface area (Å²) in [6.45, 7) is 2.66. The summed E-state index contributed by atoms with van der Waals surface area (Å²) < 4.78 is 21.3. The lowest BCUT2D eigenvalue weighted by Gasteiger charge is -2.18. The Balaban J connectivity index is 1.21. The Hall–Kier alpha value is -4.36. The molecule has 1 saturated heterocycles. The van der Waals surface area contributed by atoms with Crippen LogP contribution in [0, 0.1) is 0 Å². The first-order chi connectivity index (χ1) is 18.6. The number of thioether (sulfide) groups is 1. The molecule has 38 heavy (non-hydrogen) atoms. The average molecular weight is 535 g/mol. The minimum atomic E-state index is -0.448. The number of nitrogens with zero attached hydrogens (tertiary/aromatic N) is 6. The van der Waals surface area contributed by atoms with Gasteiger partial charge in [-0.25, -0.2) is 9.98 Å². The molecule has 0 unspecified atom stereocenters. The van der Waals surface area contributed by atoms with Crippen molar-refractivity contribution in [1.29, 1.82) is 0 Å². The largest absolute Gasteiger partial charge is 0.861 e. The number of morpholine rings is 1. The van der Waals surface area contributed by atoms with Gasteiger partial charge in [0.05, 0.1) is 36.8 Å². The number of para-hydroxylation sites is 1. The number of benzene rings is 2. The van der Waals surface area contributed by atoms with E-state index in [1.165, 1.54) is 9.69 Å². The maximum Gasteiger partial charge on any atom is 0.324 e. The second-order valence-electron chi connectivity index (χ2n) is 8.33. The second kappa shape index (κ2) is 10.6. The number of anilines is 1. The molecule has 1 fully saturated rings. The van der Waals surface area contributed by atoms with Crippen molar-refractivity contribution in [2.75, 3.05) is 48.8 Å². The fraction of sp³-hybridized carbons (Fsp3) is 0.240. The highest BCUT2D eigenvalue weighted by atomic mass is 32.2. The molecule has 0 spiro atoms. The number of hydrogen-bond acceptors (Lipinski definition) is 11. The van der Waals surface area contributed by atoms with E-state index in [1.807, 2.05) is 41.4 Å². The Kier molecular flexibility index (Phi) is 6.67. The summed E-state index contributed by atoms with van der Waals surface area (Å²) in [6.07, 6.45) is 3.23. The second-order valence-corrected chi connectivity index (χ2v) is 9.28. The predicted octanol–water partition coefficient (Wildman–Crippen LogP) is 1.23. The number of rotatable bonds is 6. The molecule has 0 atom stereocenters. The van der Waals surface area contributed by atoms with Crippen LogP contribution in [0.5, 0.6) is 11.5 Å². The van der Waals surface area contributed by atoms with Gasteiger partial charge in [0.25, 0.3) is 12.1 Å². The van der Waals surface area contributed by atoms with E-state index in [0.29, 0.717) is 48.7 Å². The number of hydrogen-bond donors (Lipinski definition) is 0. The number of aromatic nitrogens is 2. The highest BCUT2D eigenvalue weighted by Crippen LogP contribution is 2.34. The van der Waals surface area contributed by atoms with Gasteiger partial charge in [-0.15, -0.1) is 5.01 Å². The first kappa shape index (κ1) is 24.0. The lowest BCUT2D eigenvalue weighted by Crippen LogP contribution is -2.62. The Labute approximate surface area is 221 Å². The van der Waals surface area contributed by atoms with Crippen molar-refractivity contribution >= 4 is 46.4 Å². The topological polar surface area (TPSA) is 129 Å². The Morgan fingerprint density at radius 1 is 1.13 bits per heavy atom. The van der Waals surface area contributed by atoms with Crippen LogP contribution in [0.4, 0.5) is 11.6 Å². The molecule has 0 bridgehead atoms. The summed E-state index contributed by atoms with van der Waals surface area (Å²) in [5.74, 6) is 0.553. The van der Waals surface area contributed by atoms with E-state index in [-0.39, 0.29) is 30.0 Å². The van der Waals surface area contributed by atoms with E-state index in [0.717, 1.165) is 17.3 Å². The maximum absolute atomic E-state index is 13.4. The van der Waals surface area contributed by atoms with Gasteiger partial charge in [0.2, 0.25) is 12.1 Å². The van der Waals surface area contributed by atoms with Gasteiger partial charge in [-0.05, 0) is 41.8 Å². The van der Waals surface area contributed by atoms with Crippen LogP contribution in [0.3, 0.4) is 0 Å². The van der Waals surface area contributed by atoms with Crippen molar-refractivity contribution in [2.45, 2.75) is 0 Å². The minimum Gasteiger partial charge on any atom is -0.861 e. The van der Waals surface area contributed by atoms with Gasteiger partial charge < -0.3 is 19.3 Å². The zero-order valence-corrected chi connectivity index (χ0v) is 20.9. The van der Waals surface area contributed by atoms with Gasteiger partial charge in [-0.2, -0.15) is 0 Å². The molecule has 0 saturated carbocycles. The highest BCUT2D eigenvalue weighted by molar-refractivity contribution is 8.14. The zero-order valence-electron chi connectivity index (χ0n) is 20.1. The molecule has 0 N–H and O–H groups in total. The zero-order chi connectivity index (χ0) is 25.9. The summed E-state index contributed by atoms with van der Waals surface area (Å²) in [6, 6.07) is 14.5. The van der Waals surface area contributed by atoms with Gasteiger partial charge >= 0.3 is 5.88 Å². The lowest BCUT2D eigenvalue weighted by atomic mass is 10.1. The lowest BCUT2D eigenvalue weighted by molar-refractivity contribution is -0.759. The maximum atomic E-state index is 13.4. The third-order valence-corrected chi connectivity index (χ3v) is 6.75. The van der Waals surface area contributed by atoms with Crippen molar-refractivity contribution in [2.24, 2.45) is 9.98 Å². The van der Waals surface area contributed by atoms with Crippen molar-refractivity contribution < 1.29 is 33.4 Å². The van der Waals surface area contributed by atoms with E-state index in [4.69, 9.17) is 18.7 Å². The molecule has 3 aliphatic rings. The first-order valence-electron chi connectivity index (χ1n) is 11.8. The van der Waals surface area contributed by atoms with Crippen molar-refractivity contribution in [3.05, 3.63) is 66.0 Å². The molecule has 12 nitrogen and oxygen atoms in total. The predicted molar refractivity (Wildman–Crippen MR) is 137 cm³/mol. The number of ether oxygens (including phenoxy) is 3. The number of aliphatic imine (C=N–C) groups is 2. The SMILES string of the molecule is O=C1/C(=C\c2ccc3c(c2)OCO3)N=C(SC/C([O-])=N/c2c[n+](N3CCOCC3)no2)N1c1ccccc1. The molecule has 1 amide bonds. The average Bonchev–Trinajstić information content (AvgIpc) is 3.68. The molecular weight excluding hydrogens is 512 g/mol. The van der Waals surface area contributed by atoms with Crippen LogP contribution in [-0.2, 0) is 9.53 Å². The molecule has 1 aromatic heterocycles. The molecule has 0 radical (unpaired) electrons. The van der Waals surface area contributed by atoms with Gasteiger partial charge in [-0.1, -0.05) is 36.0 Å². The van der Waals surface area contributed by atoms with Crippen LogP contribution in [0.15, 0.2) is 74.9 Å². The molecule has 3 aromatic rings. The summed E-state index contributed by atoms with van der Waals surface area (Å²) in [4.78, 5) is 24.9. The van der Waals surface area contributed by atoms with Crippen LogP contribution in [-0.4, -0.2) is 61.1 Å². The summed E-state index contributed by atoms with van der Waals surface area (Å²) in [5, 5.41) is 18.9. The molecule has 3 aliphatic heterocycles. The number of amides is 1. The Morgan fingerprint density at radius 2 is 1.95 bits per heavy atom. The number of fused-ring (bicyclic) bond motifs is 1. The molecule has 194 valence electrons. The van der Waals surface area contributed by atoms with Gasteiger partial charge in [0.1, 0.15) is 5.70 Å². The van der Waals surface area contributed by atoms with E-state index >= 15 is 0 Å². The molecular formula is C25H22N6O6S. The fourth-order valence-electron chi connectivity index (χ4n) is 4.01. The van der Waals surface area contributed by atoms with Gasteiger partial charge in [-0.3, -0.25) is 14.2 Å². The minimum absolute atomic E-state index is 0.0506. The van der Waals surface area contributed by atoms with Crippen molar-refractivity contribution in [1.82, 2.24) is 5.27 Å². The molecule has 0 aliphatic carbocycles. The molecule has 2 aromatic carbocycles. The van der Waals surface area contributed by atoms with Crippen molar-refractivity contribution in [3.8, 4) is 11.5 Å². The van der Waals surface area contributed by atoms with Crippen molar-refractivity contribution in [3.63, 3.8) is 0 Å². The molecule has 6 rings (SSSR count). The summed E-state index contributed by atoms with van der Waals surface area (Å²) >= 11 is 1.12. The van der Waals surface area contributed by atoms with Crippen LogP contribution in [0.1, 0.15) is 5.56 Å². The number of amidine groups is 1. The quantitative estimate of drug-likeness (QED) is 0.198. The summed E-state index contributed by atoms with van der Waals surface area (Å²) in [7, 11) is 0. The number of carbonyl (C=O) groups excluding carboxylic acids is 1. The standard InChI is InChI=1S/C25H22N6O6S/c32-22(27-23-14-30(28-37-23)29-8-10-34-11-9-29)15-38-25-26-19(24(33)31(25)18-4-2-1-3-5-18)12-17-6-7-20-21(13-17)36-16-35-20/h1-7,12-14H,8-11,15-16H2/b19-12+. The summed E-state index contributed by atoms with van der Waals surface area (Å²) in [5.41, 5.74) is 1.62. The normalized spacial score (nSPS) is 18.4.